The first-order chi connectivity index (χ1) is 21.5. The van der Waals surface area contributed by atoms with Gasteiger partial charge in [0.15, 0.2) is 0 Å². The van der Waals surface area contributed by atoms with Crippen molar-refractivity contribution < 1.29 is 28.7 Å². The Hall–Kier alpha value is -5.90. The van der Waals surface area contributed by atoms with Crippen molar-refractivity contribution in [2.75, 3.05) is 0 Å². The van der Waals surface area contributed by atoms with E-state index < -0.39 is 11.9 Å². The van der Waals surface area contributed by atoms with Crippen molar-refractivity contribution in [2.24, 2.45) is 10.2 Å². The molecule has 10 nitrogen and oxygen atoms in total. The third-order valence-corrected chi connectivity index (χ3v) is 6.06. The summed E-state index contributed by atoms with van der Waals surface area (Å²) in [4.78, 5) is 48.3. The summed E-state index contributed by atoms with van der Waals surface area (Å²) in [6, 6.07) is 30.8. The Morgan fingerprint density at radius 1 is 0.523 bits per heavy atom. The minimum absolute atomic E-state index is 0.212. The molecule has 0 fully saturated rings. The van der Waals surface area contributed by atoms with Gasteiger partial charge in [0, 0.05) is 12.8 Å². The van der Waals surface area contributed by atoms with E-state index in [1.807, 2.05) is 12.1 Å². The number of nitrogens with one attached hydrogen (secondary N) is 2. The Kier molecular flexibility index (Phi) is 11.7. The Labute approximate surface area is 254 Å². The highest BCUT2D eigenvalue weighted by molar-refractivity contribution is 5.92. The Morgan fingerprint density at radius 2 is 0.886 bits per heavy atom. The first kappa shape index (κ1) is 31.0. The lowest BCUT2D eigenvalue weighted by atomic mass is 10.2. The number of carbonyl (C=O) groups excluding carboxylic acids is 4. The third-order valence-electron chi connectivity index (χ3n) is 6.06. The van der Waals surface area contributed by atoms with Crippen LogP contribution < -0.4 is 20.3 Å². The number of hydrazone groups is 2. The van der Waals surface area contributed by atoms with Gasteiger partial charge in [0.25, 0.3) is 0 Å². The van der Waals surface area contributed by atoms with Gasteiger partial charge in [-0.05, 0) is 96.8 Å². The summed E-state index contributed by atoms with van der Waals surface area (Å²) in [5, 5.41) is 7.88. The highest BCUT2D eigenvalue weighted by Gasteiger charge is 2.09. The van der Waals surface area contributed by atoms with Gasteiger partial charge in [0.2, 0.25) is 11.8 Å². The van der Waals surface area contributed by atoms with Crippen LogP contribution in [0.2, 0.25) is 0 Å². The molecule has 44 heavy (non-hydrogen) atoms. The van der Waals surface area contributed by atoms with Crippen molar-refractivity contribution in [1.82, 2.24) is 10.9 Å². The Morgan fingerprint density at radius 3 is 1.25 bits per heavy atom. The molecule has 4 rings (SSSR count). The lowest BCUT2D eigenvalue weighted by molar-refractivity contribution is -0.123. The molecule has 0 heterocycles. The van der Waals surface area contributed by atoms with Gasteiger partial charge in [-0.1, -0.05) is 36.4 Å². The molecule has 0 aliphatic carbocycles. The average Bonchev–Trinajstić information content (AvgIpc) is 3.05. The first-order valence-electron chi connectivity index (χ1n) is 13.8. The van der Waals surface area contributed by atoms with E-state index in [1.165, 1.54) is 12.4 Å². The summed E-state index contributed by atoms with van der Waals surface area (Å²) < 4.78 is 10.7. The second-order valence-electron chi connectivity index (χ2n) is 9.44. The number of esters is 2. The van der Waals surface area contributed by atoms with Gasteiger partial charge in [0.1, 0.15) is 11.5 Å². The molecule has 10 heteroatoms. The van der Waals surface area contributed by atoms with Gasteiger partial charge >= 0.3 is 11.9 Å². The Bertz CT molecular complexity index is 1480. The number of hydrogen-bond acceptors (Lipinski definition) is 8. The maximum absolute atomic E-state index is 12.1. The largest absolute Gasteiger partial charge is 0.423 e. The van der Waals surface area contributed by atoms with Crippen LogP contribution in [0, 0.1) is 0 Å². The lowest BCUT2D eigenvalue weighted by Crippen LogP contribution is -2.19. The van der Waals surface area contributed by atoms with Crippen LogP contribution in [0.1, 0.15) is 57.5 Å². The number of rotatable bonds is 13. The molecule has 2 amide bonds. The van der Waals surface area contributed by atoms with Crippen LogP contribution in [0.15, 0.2) is 119 Å². The van der Waals surface area contributed by atoms with Crippen molar-refractivity contribution in [2.45, 2.75) is 25.7 Å². The first-order valence-corrected chi connectivity index (χ1v) is 13.8. The molecular formula is C34H30N4O6. The molecule has 0 radical (unpaired) electrons. The summed E-state index contributed by atoms with van der Waals surface area (Å²) in [7, 11) is 0. The van der Waals surface area contributed by atoms with Crippen LogP contribution in [-0.4, -0.2) is 36.2 Å². The van der Waals surface area contributed by atoms with E-state index in [0.29, 0.717) is 46.6 Å². The summed E-state index contributed by atoms with van der Waals surface area (Å²) in [6.45, 7) is 0. The van der Waals surface area contributed by atoms with Gasteiger partial charge in [-0.2, -0.15) is 10.2 Å². The topological polar surface area (TPSA) is 136 Å². The number of benzene rings is 4. The minimum Gasteiger partial charge on any atom is -0.423 e. The second-order valence-corrected chi connectivity index (χ2v) is 9.44. The molecule has 4 aromatic rings. The molecule has 2 N–H and O–H groups in total. The summed E-state index contributed by atoms with van der Waals surface area (Å²) in [6.07, 6.45) is 4.40. The van der Waals surface area contributed by atoms with Gasteiger partial charge in [0.05, 0.1) is 23.6 Å². The van der Waals surface area contributed by atoms with Gasteiger partial charge in [-0.25, -0.2) is 20.4 Å². The molecule has 0 bridgehead atoms. The van der Waals surface area contributed by atoms with Crippen molar-refractivity contribution >= 4 is 36.2 Å². The predicted octanol–water partition coefficient (Wildman–Crippen LogP) is 5.29. The lowest BCUT2D eigenvalue weighted by Gasteiger charge is -2.04. The molecule has 0 atom stereocenters. The van der Waals surface area contributed by atoms with Crippen LogP contribution in [0.25, 0.3) is 0 Å². The monoisotopic (exact) mass is 590 g/mol. The van der Waals surface area contributed by atoms with Crippen LogP contribution in [0.4, 0.5) is 0 Å². The van der Waals surface area contributed by atoms with E-state index in [2.05, 4.69) is 21.1 Å². The van der Waals surface area contributed by atoms with E-state index >= 15 is 0 Å². The SMILES string of the molecule is O=C(CCCCC(=O)NN=Cc1ccc(OC(=O)c2ccccc2)cc1)NN=Cc1ccc(OC(=O)c2ccccc2)cc1. The molecular weight excluding hydrogens is 560 g/mol. The molecule has 0 aliphatic heterocycles. The van der Waals surface area contributed by atoms with Gasteiger partial charge in [-0.3, -0.25) is 9.59 Å². The fourth-order valence-corrected chi connectivity index (χ4v) is 3.76. The van der Waals surface area contributed by atoms with Crippen LogP contribution >= 0.6 is 0 Å². The zero-order chi connectivity index (χ0) is 31.0. The number of nitrogens with zero attached hydrogens (tertiary/aromatic N) is 2. The minimum atomic E-state index is -0.447. The highest BCUT2D eigenvalue weighted by Crippen LogP contribution is 2.15. The zero-order valence-electron chi connectivity index (χ0n) is 23.7. The molecule has 4 aromatic carbocycles. The number of unbranched alkanes of at least 4 members (excludes halogenated alkanes) is 1. The third kappa shape index (κ3) is 10.5. The maximum Gasteiger partial charge on any atom is 0.343 e. The van der Waals surface area contributed by atoms with Crippen molar-refractivity contribution in [3.05, 3.63) is 131 Å². The standard InChI is InChI=1S/C34H30N4O6/c39-31(37-35-23-25-15-19-29(20-16-25)43-33(41)27-9-3-1-4-10-27)13-7-8-14-32(40)38-36-24-26-17-21-30(22-18-26)44-34(42)28-11-5-2-6-12-28/h1-6,9-12,15-24H,7-8,13-14H2,(H,37,39)(H,38,40). The molecule has 0 saturated heterocycles. The second kappa shape index (κ2) is 16.5. The fourth-order valence-electron chi connectivity index (χ4n) is 3.76. The van der Waals surface area contributed by atoms with E-state index in [0.717, 1.165) is 0 Å². The number of hydrogen-bond donors (Lipinski definition) is 2. The molecule has 0 saturated carbocycles. The molecule has 0 aliphatic rings. The molecule has 222 valence electrons. The number of ether oxygens (including phenoxy) is 2. The Balaban J connectivity index is 1.07. The number of amides is 2. The van der Waals surface area contributed by atoms with Crippen molar-refractivity contribution in [1.29, 1.82) is 0 Å². The quantitative estimate of drug-likeness (QED) is 0.0715. The van der Waals surface area contributed by atoms with Gasteiger partial charge in [-0.15, -0.1) is 0 Å². The van der Waals surface area contributed by atoms with E-state index in [4.69, 9.17) is 9.47 Å². The van der Waals surface area contributed by atoms with Crippen LogP contribution in [-0.2, 0) is 9.59 Å². The van der Waals surface area contributed by atoms with E-state index in [1.54, 1.807) is 97.1 Å². The number of carbonyl (C=O) groups is 4. The van der Waals surface area contributed by atoms with E-state index in [-0.39, 0.29) is 24.7 Å². The van der Waals surface area contributed by atoms with Crippen LogP contribution in [0.3, 0.4) is 0 Å². The zero-order valence-corrected chi connectivity index (χ0v) is 23.7. The smallest absolute Gasteiger partial charge is 0.343 e. The van der Waals surface area contributed by atoms with Crippen molar-refractivity contribution in [3.63, 3.8) is 0 Å². The molecule has 0 aromatic heterocycles. The predicted molar refractivity (Wildman–Crippen MR) is 166 cm³/mol. The van der Waals surface area contributed by atoms with Gasteiger partial charge < -0.3 is 9.47 Å². The molecule has 0 spiro atoms. The fraction of sp³-hybridized carbons (Fsp3) is 0.118. The molecule has 0 unspecified atom stereocenters. The average molecular weight is 591 g/mol. The maximum atomic E-state index is 12.1. The van der Waals surface area contributed by atoms with Crippen molar-refractivity contribution in [3.8, 4) is 11.5 Å². The summed E-state index contributed by atoms with van der Waals surface area (Å²) >= 11 is 0. The highest BCUT2D eigenvalue weighted by atomic mass is 16.5. The van der Waals surface area contributed by atoms with Crippen LogP contribution in [0.5, 0.6) is 11.5 Å². The van der Waals surface area contributed by atoms with E-state index in [9.17, 15) is 19.2 Å². The summed E-state index contributed by atoms with van der Waals surface area (Å²) in [5.41, 5.74) is 7.25. The normalized spacial score (nSPS) is 10.8. The summed E-state index contributed by atoms with van der Waals surface area (Å²) in [5.74, 6) is -0.647.